The SMILES string of the molecule is CCOc1ccc(NC(=O)COC(=O)c2cc3cc(C)ccc3nc2C)cc1OCC. The molecule has 0 fully saturated rings. The van der Waals surface area contributed by atoms with Crippen molar-refractivity contribution in [1.82, 2.24) is 4.98 Å². The van der Waals surface area contributed by atoms with E-state index in [4.69, 9.17) is 14.2 Å². The Kier molecular flexibility index (Phi) is 7.07. The van der Waals surface area contributed by atoms with Gasteiger partial charge >= 0.3 is 5.97 Å². The van der Waals surface area contributed by atoms with Gasteiger partial charge in [-0.15, -0.1) is 0 Å². The molecule has 3 rings (SSSR count). The molecule has 1 heterocycles. The van der Waals surface area contributed by atoms with Gasteiger partial charge in [-0.3, -0.25) is 9.78 Å². The van der Waals surface area contributed by atoms with Gasteiger partial charge in [-0.05, 0) is 58.0 Å². The first-order valence-electron chi connectivity index (χ1n) is 10.2. The van der Waals surface area contributed by atoms with Crippen molar-refractivity contribution in [2.75, 3.05) is 25.1 Å². The highest BCUT2D eigenvalue weighted by Crippen LogP contribution is 2.30. The van der Waals surface area contributed by atoms with Crippen LogP contribution in [0.25, 0.3) is 10.9 Å². The van der Waals surface area contributed by atoms with Gasteiger partial charge in [0.05, 0.1) is 30.0 Å². The van der Waals surface area contributed by atoms with Crippen molar-refractivity contribution in [1.29, 1.82) is 0 Å². The lowest BCUT2D eigenvalue weighted by molar-refractivity contribution is -0.119. The number of aromatic nitrogens is 1. The number of ether oxygens (including phenoxy) is 3. The van der Waals surface area contributed by atoms with Crippen molar-refractivity contribution in [3.8, 4) is 11.5 Å². The van der Waals surface area contributed by atoms with Crippen LogP contribution in [-0.4, -0.2) is 36.7 Å². The van der Waals surface area contributed by atoms with Gasteiger partial charge < -0.3 is 19.5 Å². The van der Waals surface area contributed by atoms with E-state index in [0.29, 0.717) is 41.7 Å². The number of nitrogens with one attached hydrogen (secondary N) is 1. The van der Waals surface area contributed by atoms with Crippen LogP contribution in [0, 0.1) is 13.8 Å². The molecule has 0 aliphatic heterocycles. The summed E-state index contributed by atoms with van der Waals surface area (Å²) >= 11 is 0. The Morgan fingerprint density at radius 3 is 2.42 bits per heavy atom. The molecule has 7 heteroatoms. The van der Waals surface area contributed by atoms with Crippen LogP contribution in [0.4, 0.5) is 5.69 Å². The molecule has 2 aromatic carbocycles. The van der Waals surface area contributed by atoms with Crippen molar-refractivity contribution < 1.29 is 23.8 Å². The molecular formula is C24H26N2O5. The van der Waals surface area contributed by atoms with E-state index in [2.05, 4.69) is 10.3 Å². The Morgan fingerprint density at radius 1 is 0.935 bits per heavy atom. The Labute approximate surface area is 181 Å². The number of carbonyl (C=O) groups excluding carboxylic acids is 2. The molecule has 0 radical (unpaired) electrons. The molecule has 0 atom stereocenters. The average molecular weight is 422 g/mol. The maximum absolute atomic E-state index is 12.5. The lowest BCUT2D eigenvalue weighted by Crippen LogP contribution is -2.21. The third-order valence-corrected chi connectivity index (χ3v) is 4.54. The van der Waals surface area contributed by atoms with Gasteiger partial charge in [0.1, 0.15) is 0 Å². The third-order valence-electron chi connectivity index (χ3n) is 4.54. The Hall–Kier alpha value is -3.61. The molecular weight excluding hydrogens is 396 g/mol. The molecule has 0 saturated heterocycles. The number of carbonyl (C=O) groups is 2. The van der Waals surface area contributed by atoms with E-state index in [1.54, 1.807) is 31.2 Å². The van der Waals surface area contributed by atoms with Crippen LogP contribution in [0.2, 0.25) is 0 Å². The molecule has 1 amide bonds. The molecule has 0 aliphatic rings. The highest BCUT2D eigenvalue weighted by Gasteiger charge is 2.16. The van der Waals surface area contributed by atoms with Gasteiger partial charge in [0, 0.05) is 17.1 Å². The molecule has 0 aliphatic carbocycles. The van der Waals surface area contributed by atoms with Crippen molar-refractivity contribution in [2.45, 2.75) is 27.7 Å². The van der Waals surface area contributed by atoms with E-state index in [1.807, 2.05) is 39.0 Å². The largest absolute Gasteiger partial charge is 0.490 e. The number of hydrogen-bond acceptors (Lipinski definition) is 6. The summed E-state index contributed by atoms with van der Waals surface area (Å²) in [5.74, 6) is 0.0862. The first kappa shape index (κ1) is 22.1. The molecule has 1 N–H and O–H groups in total. The number of fused-ring (bicyclic) bond motifs is 1. The standard InChI is InChI=1S/C24H26N2O5/c1-5-29-21-10-8-18(13-22(21)30-6-2)26-23(27)14-31-24(28)19-12-17-11-15(3)7-9-20(17)25-16(19)4/h7-13H,5-6,14H2,1-4H3,(H,26,27). The number of rotatable bonds is 8. The second kappa shape index (κ2) is 9.93. The number of benzene rings is 2. The van der Waals surface area contributed by atoms with Crippen LogP contribution in [0.5, 0.6) is 11.5 Å². The van der Waals surface area contributed by atoms with Gasteiger partial charge in [-0.2, -0.15) is 0 Å². The van der Waals surface area contributed by atoms with Crippen molar-refractivity contribution in [2.24, 2.45) is 0 Å². The highest BCUT2D eigenvalue weighted by molar-refractivity contribution is 5.98. The fraction of sp³-hybridized carbons (Fsp3) is 0.292. The van der Waals surface area contributed by atoms with E-state index in [9.17, 15) is 9.59 Å². The molecule has 31 heavy (non-hydrogen) atoms. The molecule has 162 valence electrons. The van der Waals surface area contributed by atoms with Gasteiger partial charge in [-0.1, -0.05) is 11.6 Å². The van der Waals surface area contributed by atoms with E-state index < -0.39 is 18.5 Å². The number of amides is 1. The monoisotopic (exact) mass is 422 g/mol. The van der Waals surface area contributed by atoms with Crippen molar-refractivity contribution in [3.63, 3.8) is 0 Å². The fourth-order valence-electron chi connectivity index (χ4n) is 3.13. The summed E-state index contributed by atoms with van der Waals surface area (Å²) in [5, 5.41) is 3.55. The van der Waals surface area contributed by atoms with Crippen LogP contribution in [0.3, 0.4) is 0 Å². The number of aryl methyl sites for hydroxylation is 2. The zero-order valence-electron chi connectivity index (χ0n) is 18.2. The summed E-state index contributed by atoms with van der Waals surface area (Å²) in [4.78, 5) is 29.3. The van der Waals surface area contributed by atoms with Crippen LogP contribution in [0.15, 0.2) is 42.5 Å². The molecule has 0 unspecified atom stereocenters. The molecule has 0 saturated carbocycles. The zero-order valence-corrected chi connectivity index (χ0v) is 18.2. The van der Waals surface area contributed by atoms with E-state index in [-0.39, 0.29) is 0 Å². The number of hydrogen-bond donors (Lipinski definition) is 1. The molecule has 7 nitrogen and oxygen atoms in total. The second-order valence-corrected chi connectivity index (χ2v) is 6.97. The van der Waals surface area contributed by atoms with Crippen LogP contribution < -0.4 is 14.8 Å². The number of pyridine rings is 1. The highest BCUT2D eigenvalue weighted by atomic mass is 16.5. The minimum absolute atomic E-state index is 0.339. The lowest BCUT2D eigenvalue weighted by Gasteiger charge is -2.13. The third kappa shape index (κ3) is 5.51. The molecule has 1 aromatic heterocycles. The lowest BCUT2D eigenvalue weighted by atomic mass is 10.1. The van der Waals surface area contributed by atoms with Crippen LogP contribution in [-0.2, 0) is 9.53 Å². The minimum atomic E-state index is -0.592. The molecule has 3 aromatic rings. The predicted molar refractivity (Wildman–Crippen MR) is 119 cm³/mol. The Balaban J connectivity index is 1.65. The first-order valence-corrected chi connectivity index (χ1v) is 10.2. The zero-order chi connectivity index (χ0) is 22.4. The quantitative estimate of drug-likeness (QED) is 0.540. The Morgan fingerprint density at radius 2 is 1.68 bits per heavy atom. The number of anilines is 1. The molecule has 0 bridgehead atoms. The van der Waals surface area contributed by atoms with Crippen LogP contribution >= 0.6 is 0 Å². The summed E-state index contributed by atoms with van der Waals surface area (Å²) in [6.07, 6.45) is 0. The number of nitrogens with zero attached hydrogens (tertiary/aromatic N) is 1. The topological polar surface area (TPSA) is 86.8 Å². The van der Waals surface area contributed by atoms with E-state index in [1.165, 1.54) is 0 Å². The minimum Gasteiger partial charge on any atom is -0.490 e. The first-order chi connectivity index (χ1) is 14.9. The van der Waals surface area contributed by atoms with Crippen LogP contribution in [0.1, 0.15) is 35.5 Å². The van der Waals surface area contributed by atoms with Gasteiger partial charge in [0.25, 0.3) is 5.91 Å². The number of esters is 1. The van der Waals surface area contributed by atoms with Gasteiger partial charge in [0.15, 0.2) is 18.1 Å². The summed E-state index contributed by atoms with van der Waals surface area (Å²) in [6.45, 7) is 8.02. The van der Waals surface area contributed by atoms with E-state index >= 15 is 0 Å². The smallest absolute Gasteiger partial charge is 0.340 e. The maximum Gasteiger partial charge on any atom is 0.340 e. The van der Waals surface area contributed by atoms with E-state index in [0.717, 1.165) is 16.5 Å². The maximum atomic E-state index is 12.5. The predicted octanol–water partition coefficient (Wildman–Crippen LogP) is 4.44. The summed E-state index contributed by atoms with van der Waals surface area (Å²) in [6, 6.07) is 12.7. The Bertz CT molecular complexity index is 1110. The van der Waals surface area contributed by atoms with Gasteiger partial charge in [0.2, 0.25) is 0 Å². The van der Waals surface area contributed by atoms with Gasteiger partial charge in [-0.25, -0.2) is 4.79 Å². The summed E-state index contributed by atoms with van der Waals surface area (Å²) < 4.78 is 16.3. The fourth-order valence-corrected chi connectivity index (χ4v) is 3.13. The summed E-state index contributed by atoms with van der Waals surface area (Å²) in [5.41, 5.74) is 3.28. The summed E-state index contributed by atoms with van der Waals surface area (Å²) in [7, 11) is 0. The second-order valence-electron chi connectivity index (χ2n) is 6.97. The molecule has 0 spiro atoms. The van der Waals surface area contributed by atoms with Crippen molar-refractivity contribution in [3.05, 3.63) is 59.3 Å². The van der Waals surface area contributed by atoms with Crippen molar-refractivity contribution >= 4 is 28.5 Å². The average Bonchev–Trinajstić information content (AvgIpc) is 2.74. The normalized spacial score (nSPS) is 10.6.